The van der Waals surface area contributed by atoms with Crippen LogP contribution >= 0.6 is 11.6 Å². The molecule has 0 spiro atoms. The zero-order valence-corrected chi connectivity index (χ0v) is 12.7. The van der Waals surface area contributed by atoms with Crippen molar-refractivity contribution in [2.24, 2.45) is 11.7 Å². The predicted octanol–water partition coefficient (Wildman–Crippen LogP) is 2.80. The number of rotatable bonds is 3. The Kier molecular flexibility index (Phi) is 3.80. The standard InChI is InChI=1S/C15H21ClN2O2/c1-9-3-10(2)18(7-9)13(6-17)11-4-12(16)15-14(5-11)19-8-20-15/h4-5,9-10,13H,3,6-8,17H2,1-2H3. The molecule has 20 heavy (non-hydrogen) atoms. The van der Waals surface area contributed by atoms with E-state index in [-0.39, 0.29) is 12.8 Å². The van der Waals surface area contributed by atoms with Gasteiger partial charge >= 0.3 is 0 Å². The van der Waals surface area contributed by atoms with E-state index >= 15 is 0 Å². The monoisotopic (exact) mass is 296 g/mol. The molecule has 1 saturated heterocycles. The van der Waals surface area contributed by atoms with Gasteiger partial charge in [-0.15, -0.1) is 0 Å². The van der Waals surface area contributed by atoms with Crippen molar-refractivity contribution in [2.45, 2.75) is 32.4 Å². The highest BCUT2D eigenvalue weighted by Crippen LogP contribution is 2.42. The van der Waals surface area contributed by atoms with Gasteiger partial charge in [-0.1, -0.05) is 18.5 Å². The van der Waals surface area contributed by atoms with Crippen LogP contribution in [0.5, 0.6) is 11.5 Å². The van der Waals surface area contributed by atoms with Gasteiger partial charge < -0.3 is 15.2 Å². The van der Waals surface area contributed by atoms with E-state index in [1.165, 1.54) is 6.42 Å². The number of fused-ring (bicyclic) bond motifs is 1. The normalized spacial score (nSPS) is 27.0. The molecule has 2 N–H and O–H groups in total. The Bertz CT molecular complexity index is 509. The average Bonchev–Trinajstić information content (AvgIpc) is 2.98. The summed E-state index contributed by atoms with van der Waals surface area (Å²) < 4.78 is 10.8. The zero-order chi connectivity index (χ0) is 14.3. The van der Waals surface area contributed by atoms with E-state index in [2.05, 4.69) is 18.7 Å². The number of benzene rings is 1. The quantitative estimate of drug-likeness (QED) is 0.932. The van der Waals surface area contributed by atoms with Crippen LogP contribution in [-0.4, -0.2) is 30.8 Å². The number of likely N-dealkylation sites (tertiary alicyclic amines) is 1. The minimum Gasteiger partial charge on any atom is -0.454 e. The fourth-order valence-electron chi connectivity index (χ4n) is 3.41. The molecule has 0 saturated carbocycles. The highest BCUT2D eigenvalue weighted by molar-refractivity contribution is 6.32. The second-order valence-corrected chi connectivity index (χ2v) is 6.28. The Morgan fingerprint density at radius 3 is 2.85 bits per heavy atom. The summed E-state index contributed by atoms with van der Waals surface area (Å²) in [6.45, 7) is 6.45. The first kappa shape index (κ1) is 14.0. The first-order chi connectivity index (χ1) is 9.60. The maximum absolute atomic E-state index is 6.28. The van der Waals surface area contributed by atoms with E-state index in [9.17, 15) is 0 Å². The second kappa shape index (κ2) is 5.43. The average molecular weight is 297 g/mol. The molecule has 1 aromatic rings. The third-order valence-electron chi connectivity index (χ3n) is 4.29. The maximum Gasteiger partial charge on any atom is 0.231 e. The van der Waals surface area contributed by atoms with Crippen molar-refractivity contribution in [3.8, 4) is 11.5 Å². The van der Waals surface area contributed by atoms with E-state index < -0.39 is 0 Å². The zero-order valence-electron chi connectivity index (χ0n) is 11.9. The molecule has 1 aromatic carbocycles. The van der Waals surface area contributed by atoms with Gasteiger partial charge in [-0.2, -0.15) is 0 Å². The van der Waals surface area contributed by atoms with E-state index in [1.54, 1.807) is 0 Å². The summed E-state index contributed by atoms with van der Waals surface area (Å²) in [7, 11) is 0. The topological polar surface area (TPSA) is 47.7 Å². The number of hydrogen-bond acceptors (Lipinski definition) is 4. The first-order valence-corrected chi connectivity index (χ1v) is 7.52. The van der Waals surface area contributed by atoms with Gasteiger partial charge in [0.2, 0.25) is 6.79 Å². The molecular weight excluding hydrogens is 276 g/mol. The van der Waals surface area contributed by atoms with E-state index in [4.69, 9.17) is 26.8 Å². The molecule has 3 unspecified atom stereocenters. The smallest absolute Gasteiger partial charge is 0.231 e. The van der Waals surface area contributed by atoms with Crippen LogP contribution < -0.4 is 15.2 Å². The van der Waals surface area contributed by atoms with Crippen molar-refractivity contribution in [2.75, 3.05) is 19.9 Å². The second-order valence-electron chi connectivity index (χ2n) is 5.87. The number of ether oxygens (including phenoxy) is 2. The SMILES string of the molecule is CC1CC(C)N(C(CN)c2cc(Cl)c3c(c2)OCO3)C1. The van der Waals surface area contributed by atoms with Gasteiger partial charge in [0.25, 0.3) is 0 Å². The Morgan fingerprint density at radius 1 is 1.40 bits per heavy atom. The fourth-order valence-corrected chi connectivity index (χ4v) is 3.68. The lowest BCUT2D eigenvalue weighted by Gasteiger charge is -2.31. The molecule has 110 valence electrons. The molecule has 2 heterocycles. The van der Waals surface area contributed by atoms with Crippen molar-refractivity contribution in [3.05, 3.63) is 22.7 Å². The lowest BCUT2D eigenvalue weighted by Crippen LogP contribution is -2.36. The Morgan fingerprint density at radius 2 is 2.20 bits per heavy atom. The van der Waals surface area contributed by atoms with Crippen molar-refractivity contribution in [1.82, 2.24) is 4.90 Å². The van der Waals surface area contributed by atoms with Crippen molar-refractivity contribution in [1.29, 1.82) is 0 Å². The summed E-state index contributed by atoms with van der Waals surface area (Å²) in [6.07, 6.45) is 1.22. The summed E-state index contributed by atoms with van der Waals surface area (Å²) in [5.41, 5.74) is 7.14. The number of nitrogens with two attached hydrogens (primary N) is 1. The fraction of sp³-hybridized carbons (Fsp3) is 0.600. The van der Waals surface area contributed by atoms with Crippen molar-refractivity contribution >= 4 is 11.6 Å². The maximum atomic E-state index is 6.28. The largest absolute Gasteiger partial charge is 0.454 e. The molecule has 1 fully saturated rings. The highest BCUT2D eigenvalue weighted by Gasteiger charge is 2.33. The molecule has 0 aliphatic carbocycles. The molecule has 0 aromatic heterocycles. The van der Waals surface area contributed by atoms with Gasteiger partial charge in [-0.25, -0.2) is 0 Å². The van der Waals surface area contributed by atoms with Crippen molar-refractivity contribution < 1.29 is 9.47 Å². The minimum atomic E-state index is 0.182. The molecule has 0 radical (unpaired) electrons. The van der Waals surface area contributed by atoms with Gasteiger partial charge in [0.15, 0.2) is 11.5 Å². The van der Waals surface area contributed by atoms with E-state index in [1.807, 2.05) is 12.1 Å². The van der Waals surface area contributed by atoms with E-state index in [0.29, 0.717) is 29.3 Å². The predicted molar refractivity (Wildman–Crippen MR) is 79.3 cm³/mol. The first-order valence-electron chi connectivity index (χ1n) is 7.15. The molecule has 2 aliphatic rings. The lowest BCUT2D eigenvalue weighted by atomic mass is 10.0. The van der Waals surface area contributed by atoms with Gasteiger partial charge in [-0.05, 0) is 37.0 Å². The van der Waals surface area contributed by atoms with Crippen LogP contribution in [0.2, 0.25) is 5.02 Å². The summed E-state index contributed by atoms with van der Waals surface area (Å²) in [5, 5.41) is 0.605. The van der Waals surface area contributed by atoms with Crippen LogP contribution in [0, 0.1) is 5.92 Å². The summed E-state index contributed by atoms with van der Waals surface area (Å²) >= 11 is 6.28. The van der Waals surface area contributed by atoms with Gasteiger partial charge in [0, 0.05) is 25.2 Å². The van der Waals surface area contributed by atoms with Crippen LogP contribution in [0.25, 0.3) is 0 Å². The Labute approximate surface area is 124 Å². The third-order valence-corrected chi connectivity index (χ3v) is 4.57. The molecule has 0 amide bonds. The molecule has 5 heteroatoms. The molecule has 0 bridgehead atoms. The summed E-state index contributed by atoms with van der Waals surface area (Å²) in [5.74, 6) is 2.09. The summed E-state index contributed by atoms with van der Waals surface area (Å²) in [4.78, 5) is 2.47. The number of nitrogens with zero attached hydrogens (tertiary/aromatic N) is 1. The molecular formula is C15H21ClN2O2. The lowest BCUT2D eigenvalue weighted by molar-refractivity contribution is 0.173. The van der Waals surface area contributed by atoms with Crippen LogP contribution in [0.3, 0.4) is 0 Å². The molecule has 4 nitrogen and oxygen atoms in total. The van der Waals surface area contributed by atoms with Crippen LogP contribution in [-0.2, 0) is 0 Å². The minimum absolute atomic E-state index is 0.182. The van der Waals surface area contributed by atoms with Crippen LogP contribution in [0.15, 0.2) is 12.1 Å². The van der Waals surface area contributed by atoms with Gasteiger partial charge in [0.1, 0.15) is 0 Å². The van der Waals surface area contributed by atoms with Gasteiger partial charge in [-0.3, -0.25) is 4.90 Å². The number of halogens is 1. The van der Waals surface area contributed by atoms with E-state index in [0.717, 1.165) is 17.9 Å². The Hall–Kier alpha value is -0.970. The highest BCUT2D eigenvalue weighted by atomic mass is 35.5. The van der Waals surface area contributed by atoms with Crippen LogP contribution in [0.4, 0.5) is 0 Å². The number of hydrogen-bond donors (Lipinski definition) is 1. The van der Waals surface area contributed by atoms with Crippen LogP contribution in [0.1, 0.15) is 31.9 Å². The third kappa shape index (κ3) is 2.36. The molecule has 3 atom stereocenters. The van der Waals surface area contributed by atoms with Gasteiger partial charge in [0.05, 0.1) is 5.02 Å². The molecule has 3 rings (SSSR count). The Balaban J connectivity index is 1.92. The molecule has 2 aliphatic heterocycles. The summed E-state index contributed by atoms with van der Waals surface area (Å²) in [6, 6.07) is 4.70. The van der Waals surface area contributed by atoms with Crippen molar-refractivity contribution in [3.63, 3.8) is 0 Å².